The number of para-hydroxylation sites is 1. The highest BCUT2D eigenvalue weighted by Gasteiger charge is 2.22. The number of carbonyl (C=O) groups excluding carboxylic acids is 2. The molecule has 0 saturated heterocycles. The Hall–Kier alpha value is -3.14. The highest BCUT2D eigenvalue weighted by Crippen LogP contribution is 2.22. The first-order valence-corrected chi connectivity index (χ1v) is 11.2. The van der Waals surface area contributed by atoms with Crippen LogP contribution in [0.3, 0.4) is 0 Å². The average Bonchev–Trinajstić information content (AvgIpc) is 3.19. The molecule has 1 unspecified atom stereocenters. The summed E-state index contributed by atoms with van der Waals surface area (Å²) in [6, 6.07) is 8.99. The number of aromatic nitrogens is 4. The van der Waals surface area contributed by atoms with Gasteiger partial charge in [-0.05, 0) is 31.9 Å². The van der Waals surface area contributed by atoms with Crippen molar-refractivity contribution in [3.63, 3.8) is 0 Å². The topological polar surface area (TPSA) is 122 Å². The van der Waals surface area contributed by atoms with Crippen molar-refractivity contribution in [3.8, 4) is 5.69 Å². The first kappa shape index (κ1) is 21.1. The molecule has 1 fully saturated rings. The molecule has 0 spiro atoms. The number of imide groups is 1. The third kappa shape index (κ3) is 4.96. The summed E-state index contributed by atoms with van der Waals surface area (Å²) in [5.41, 5.74) is 0.842. The number of rotatable bonds is 5. The average molecular weight is 441 g/mol. The first-order chi connectivity index (χ1) is 15.0. The molecule has 3 N–H and O–H groups in total. The van der Waals surface area contributed by atoms with Crippen LogP contribution in [0.2, 0.25) is 0 Å². The Morgan fingerprint density at radius 2 is 1.94 bits per heavy atom. The van der Waals surface area contributed by atoms with E-state index in [4.69, 9.17) is 0 Å². The number of nitrogens with one attached hydrogen (secondary N) is 3. The van der Waals surface area contributed by atoms with Crippen LogP contribution >= 0.6 is 11.8 Å². The molecule has 1 aromatic carbocycles. The van der Waals surface area contributed by atoms with Gasteiger partial charge in [-0.2, -0.15) is 5.10 Å². The molecule has 4 rings (SSSR count). The van der Waals surface area contributed by atoms with E-state index in [1.807, 2.05) is 30.3 Å². The minimum atomic E-state index is -0.634. The molecule has 1 aliphatic carbocycles. The summed E-state index contributed by atoms with van der Waals surface area (Å²) in [7, 11) is 0. The molecule has 1 aliphatic rings. The molecule has 0 radical (unpaired) electrons. The SMILES string of the molecule is CC(Sc1nc2c(cnn2-c2ccccc2)c(=O)[nH]1)C(=O)NC(=O)NC1CCCCC1. The maximum Gasteiger partial charge on any atom is 0.321 e. The fourth-order valence-corrected chi connectivity index (χ4v) is 4.41. The van der Waals surface area contributed by atoms with Gasteiger partial charge in [0.05, 0.1) is 17.1 Å². The fraction of sp³-hybridized carbons (Fsp3) is 0.381. The van der Waals surface area contributed by atoms with Gasteiger partial charge < -0.3 is 10.3 Å². The molecule has 3 amide bonds. The lowest BCUT2D eigenvalue weighted by Crippen LogP contribution is -2.47. The second-order valence-electron chi connectivity index (χ2n) is 7.56. The number of fused-ring (bicyclic) bond motifs is 1. The van der Waals surface area contributed by atoms with Crippen molar-refractivity contribution in [2.24, 2.45) is 0 Å². The van der Waals surface area contributed by atoms with E-state index in [9.17, 15) is 14.4 Å². The minimum Gasteiger partial charge on any atom is -0.335 e. The van der Waals surface area contributed by atoms with E-state index in [0.29, 0.717) is 11.0 Å². The summed E-state index contributed by atoms with van der Waals surface area (Å²) in [6.07, 6.45) is 6.70. The van der Waals surface area contributed by atoms with Crippen LogP contribution in [-0.4, -0.2) is 43.0 Å². The van der Waals surface area contributed by atoms with E-state index in [0.717, 1.165) is 43.1 Å². The Labute approximate surface area is 183 Å². The highest BCUT2D eigenvalue weighted by atomic mass is 32.2. The molecule has 31 heavy (non-hydrogen) atoms. The van der Waals surface area contributed by atoms with Crippen molar-refractivity contribution in [1.82, 2.24) is 30.4 Å². The molecule has 3 aromatic rings. The molecule has 2 aromatic heterocycles. The van der Waals surface area contributed by atoms with E-state index >= 15 is 0 Å². The summed E-state index contributed by atoms with van der Waals surface area (Å²) >= 11 is 1.08. The fourth-order valence-electron chi connectivity index (χ4n) is 3.62. The van der Waals surface area contributed by atoms with Gasteiger partial charge in [-0.3, -0.25) is 14.9 Å². The number of H-pyrrole nitrogens is 1. The molecule has 0 bridgehead atoms. The zero-order valence-corrected chi connectivity index (χ0v) is 17.9. The summed E-state index contributed by atoms with van der Waals surface area (Å²) in [5.74, 6) is -0.447. The molecule has 2 heterocycles. The van der Waals surface area contributed by atoms with Crippen LogP contribution in [0.15, 0.2) is 46.5 Å². The number of nitrogens with zero attached hydrogens (tertiary/aromatic N) is 3. The Kier molecular flexibility index (Phi) is 6.36. The summed E-state index contributed by atoms with van der Waals surface area (Å²) in [6.45, 7) is 1.66. The molecule has 9 nitrogen and oxygen atoms in total. The molecular formula is C21H24N6O3S. The highest BCUT2D eigenvalue weighted by molar-refractivity contribution is 8.00. The molecule has 1 atom stereocenters. The first-order valence-electron chi connectivity index (χ1n) is 10.3. The second-order valence-corrected chi connectivity index (χ2v) is 8.89. The lowest BCUT2D eigenvalue weighted by molar-refractivity contribution is -0.119. The quantitative estimate of drug-likeness (QED) is 0.414. The van der Waals surface area contributed by atoms with Crippen LogP contribution in [0.1, 0.15) is 39.0 Å². The van der Waals surface area contributed by atoms with Gasteiger partial charge in [0.1, 0.15) is 5.39 Å². The van der Waals surface area contributed by atoms with Crippen LogP contribution in [0.4, 0.5) is 4.79 Å². The summed E-state index contributed by atoms with van der Waals surface area (Å²) in [4.78, 5) is 44.2. The van der Waals surface area contributed by atoms with Crippen LogP contribution in [0.25, 0.3) is 16.7 Å². The molecular weight excluding hydrogens is 416 g/mol. The van der Waals surface area contributed by atoms with Crippen LogP contribution in [0.5, 0.6) is 0 Å². The summed E-state index contributed by atoms with van der Waals surface area (Å²) in [5, 5.41) is 9.52. The smallest absolute Gasteiger partial charge is 0.321 e. The molecule has 0 aliphatic heterocycles. The Balaban J connectivity index is 1.45. The van der Waals surface area contributed by atoms with Gasteiger partial charge in [0, 0.05) is 6.04 Å². The monoisotopic (exact) mass is 440 g/mol. The predicted octanol–water partition coefficient (Wildman–Crippen LogP) is 2.75. The van der Waals surface area contributed by atoms with Gasteiger partial charge >= 0.3 is 6.03 Å². The predicted molar refractivity (Wildman–Crippen MR) is 118 cm³/mol. The zero-order chi connectivity index (χ0) is 21.8. The summed E-state index contributed by atoms with van der Waals surface area (Å²) < 4.78 is 1.58. The van der Waals surface area contributed by atoms with Crippen molar-refractivity contribution in [2.75, 3.05) is 0 Å². The number of aromatic amines is 1. The van der Waals surface area contributed by atoms with E-state index < -0.39 is 17.2 Å². The van der Waals surface area contributed by atoms with Crippen LogP contribution in [-0.2, 0) is 4.79 Å². The number of amides is 3. The van der Waals surface area contributed by atoms with Crippen molar-refractivity contribution in [2.45, 2.75) is 55.5 Å². The van der Waals surface area contributed by atoms with E-state index in [1.165, 1.54) is 12.6 Å². The number of benzene rings is 1. The van der Waals surface area contributed by atoms with Crippen LogP contribution in [0, 0.1) is 0 Å². The van der Waals surface area contributed by atoms with Crippen molar-refractivity contribution in [3.05, 3.63) is 46.9 Å². The van der Waals surface area contributed by atoms with E-state index in [2.05, 4.69) is 25.7 Å². The third-order valence-electron chi connectivity index (χ3n) is 5.25. The number of carbonyl (C=O) groups is 2. The standard InChI is InChI=1S/C21H24N6O3S/c1-13(18(28)25-20(30)23-14-8-4-2-5-9-14)31-21-24-17-16(19(29)26-21)12-22-27(17)15-10-6-3-7-11-15/h3,6-7,10-14H,2,4-5,8-9H2,1H3,(H,24,26,29)(H2,23,25,28,30). The lowest BCUT2D eigenvalue weighted by Gasteiger charge is -2.23. The van der Waals surface area contributed by atoms with E-state index in [-0.39, 0.29) is 16.8 Å². The van der Waals surface area contributed by atoms with Crippen LogP contribution < -0.4 is 16.2 Å². The van der Waals surface area contributed by atoms with Gasteiger partial charge in [-0.15, -0.1) is 0 Å². The second kappa shape index (κ2) is 9.34. The maximum absolute atomic E-state index is 12.5. The Morgan fingerprint density at radius 1 is 1.19 bits per heavy atom. The number of urea groups is 1. The maximum atomic E-state index is 12.5. The largest absolute Gasteiger partial charge is 0.335 e. The zero-order valence-electron chi connectivity index (χ0n) is 17.1. The van der Waals surface area contributed by atoms with Crippen molar-refractivity contribution >= 4 is 34.7 Å². The van der Waals surface area contributed by atoms with Gasteiger partial charge in [-0.1, -0.05) is 49.2 Å². The number of hydrogen-bond acceptors (Lipinski definition) is 6. The number of hydrogen-bond donors (Lipinski definition) is 3. The van der Waals surface area contributed by atoms with Crippen molar-refractivity contribution < 1.29 is 9.59 Å². The van der Waals surface area contributed by atoms with Crippen molar-refractivity contribution in [1.29, 1.82) is 0 Å². The Morgan fingerprint density at radius 3 is 2.68 bits per heavy atom. The van der Waals surface area contributed by atoms with E-state index in [1.54, 1.807) is 11.6 Å². The van der Waals surface area contributed by atoms with Gasteiger partial charge in [0.15, 0.2) is 10.8 Å². The normalized spacial score (nSPS) is 15.5. The van der Waals surface area contributed by atoms with Gasteiger partial charge in [0.2, 0.25) is 5.91 Å². The number of thioether (sulfide) groups is 1. The van der Waals surface area contributed by atoms with Gasteiger partial charge in [-0.25, -0.2) is 14.5 Å². The molecule has 162 valence electrons. The third-order valence-corrected chi connectivity index (χ3v) is 6.24. The molecule has 1 saturated carbocycles. The van der Waals surface area contributed by atoms with Gasteiger partial charge in [0.25, 0.3) is 5.56 Å². The lowest BCUT2D eigenvalue weighted by atomic mass is 9.96. The molecule has 10 heteroatoms. The minimum absolute atomic E-state index is 0.114. The Bertz CT molecular complexity index is 1140.